The van der Waals surface area contributed by atoms with Crippen molar-refractivity contribution in [2.24, 2.45) is 5.92 Å². The van der Waals surface area contributed by atoms with Crippen LogP contribution in [-0.2, 0) is 9.59 Å². The number of aliphatic hydroxyl groups is 2. The number of rotatable bonds is 9. The molecular weight excluding hydrogens is 356 g/mol. The van der Waals surface area contributed by atoms with Crippen molar-refractivity contribution in [3.8, 4) is 5.75 Å². The van der Waals surface area contributed by atoms with E-state index >= 15 is 0 Å². The van der Waals surface area contributed by atoms with Crippen LogP contribution in [0.1, 0.15) is 31.9 Å². The molecule has 0 saturated carbocycles. The molecule has 1 saturated heterocycles. The number of carbonyl (C=O) groups excluding carboxylic acids is 2. The number of nitrogens with zero attached hydrogens (tertiary/aromatic N) is 1. The van der Waals surface area contributed by atoms with E-state index in [1.165, 1.54) is 0 Å². The first-order valence-corrected chi connectivity index (χ1v) is 8.62. The summed E-state index contributed by atoms with van der Waals surface area (Å²) in [5.41, 5.74) is 0.486. The highest BCUT2D eigenvalue weighted by molar-refractivity contribution is 6.07. The molecule has 9 heteroatoms. The minimum Gasteiger partial charge on any atom is -0.491 e. The molecule has 9 nitrogen and oxygen atoms in total. The van der Waals surface area contributed by atoms with Gasteiger partial charge in [-0.05, 0) is 30.0 Å². The number of carboxylic acid groups (broad SMARTS) is 1. The molecule has 0 aliphatic carbocycles. The lowest BCUT2D eigenvalue weighted by Crippen LogP contribution is -2.46. The summed E-state index contributed by atoms with van der Waals surface area (Å²) in [6.07, 6.45) is -0.830. The van der Waals surface area contributed by atoms with E-state index in [9.17, 15) is 24.6 Å². The van der Waals surface area contributed by atoms with Crippen LogP contribution in [0.5, 0.6) is 5.75 Å². The summed E-state index contributed by atoms with van der Waals surface area (Å²) >= 11 is 0. The Balaban J connectivity index is 2.12. The van der Waals surface area contributed by atoms with Gasteiger partial charge in [0, 0.05) is 0 Å². The molecule has 0 aromatic heterocycles. The van der Waals surface area contributed by atoms with E-state index in [4.69, 9.17) is 9.84 Å². The largest absolute Gasteiger partial charge is 0.491 e. The predicted molar refractivity (Wildman–Crippen MR) is 94.0 cm³/mol. The van der Waals surface area contributed by atoms with Gasteiger partial charge in [-0.2, -0.15) is 0 Å². The van der Waals surface area contributed by atoms with Crippen molar-refractivity contribution in [2.75, 3.05) is 13.2 Å². The number of carbonyl (C=O) groups is 3. The summed E-state index contributed by atoms with van der Waals surface area (Å²) in [7, 11) is 0. The van der Waals surface area contributed by atoms with Crippen LogP contribution in [0.4, 0.5) is 4.79 Å². The van der Waals surface area contributed by atoms with Gasteiger partial charge in [-0.15, -0.1) is 0 Å². The van der Waals surface area contributed by atoms with Crippen LogP contribution >= 0.6 is 0 Å². The van der Waals surface area contributed by atoms with E-state index in [0.717, 1.165) is 4.90 Å². The van der Waals surface area contributed by atoms with E-state index in [0.29, 0.717) is 11.3 Å². The molecule has 27 heavy (non-hydrogen) atoms. The number of hydrogen-bond donors (Lipinski definition) is 4. The first-order chi connectivity index (χ1) is 12.7. The maximum atomic E-state index is 12.7. The second kappa shape index (κ2) is 8.83. The molecule has 1 aliphatic rings. The Morgan fingerprint density at radius 1 is 1.26 bits per heavy atom. The molecule has 1 unspecified atom stereocenters. The van der Waals surface area contributed by atoms with Crippen LogP contribution in [0, 0.1) is 5.92 Å². The van der Waals surface area contributed by atoms with Crippen molar-refractivity contribution < 1.29 is 34.4 Å². The molecular formula is C18H24N2O7. The average Bonchev–Trinajstić information content (AvgIpc) is 2.92. The third-order valence-electron chi connectivity index (χ3n) is 4.13. The lowest BCUT2D eigenvalue weighted by atomic mass is 10.0. The molecule has 0 bridgehead atoms. The summed E-state index contributed by atoms with van der Waals surface area (Å²) in [5.74, 6) is -1.42. The summed E-state index contributed by atoms with van der Waals surface area (Å²) in [5, 5.41) is 30.0. The van der Waals surface area contributed by atoms with Gasteiger partial charge in [0.1, 0.15) is 30.5 Å². The number of benzene rings is 1. The first-order valence-electron chi connectivity index (χ1n) is 8.62. The Kier molecular flexibility index (Phi) is 6.75. The SMILES string of the molecule is CC(C)CC(C(=O)O)N1C(=O)N[C@H](c2ccc(OC[C@@H](O)CO)cc2)C1=O. The smallest absolute Gasteiger partial charge is 0.327 e. The molecule has 1 aliphatic heterocycles. The van der Waals surface area contributed by atoms with Crippen LogP contribution in [0.3, 0.4) is 0 Å². The van der Waals surface area contributed by atoms with Crippen molar-refractivity contribution >= 4 is 17.9 Å². The normalized spacial score (nSPS) is 19.1. The van der Waals surface area contributed by atoms with Crippen LogP contribution in [0.25, 0.3) is 0 Å². The maximum absolute atomic E-state index is 12.7. The van der Waals surface area contributed by atoms with Crippen molar-refractivity contribution in [1.29, 1.82) is 0 Å². The van der Waals surface area contributed by atoms with E-state index < -0.39 is 42.7 Å². The third-order valence-corrected chi connectivity index (χ3v) is 4.13. The van der Waals surface area contributed by atoms with Gasteiger partial charge in [-0.1, -0.05) is 26.0 Å². The van der Waals surface area contributed by atoms with Crippen molar-refractivity contribution in [3.05, 3.63) is 29.8 Å². The molecule has 3 atom stereocenters. The van der Waals surface area contributed by atoms with Gasteiger partial charge in [0.05, 0.1) is 6.61 Å². The third kappa shape index (κ3) is 4.95. The number of carboxylic acids is 1. The van der Waals surface area contributed by atoms with Gasteiger partial charge in [-0.25, -0.2) is 14.5 Å². The highest BCUT2D eigenvalue weighted by Gasteiger charge is 2.45. The minimum absolute atomic E-state index is 0.00328. The Morgan fingerprint density at radius 3 is 2.41 bits per heavy atom. The molecule has 1 heterocycles. The second-order valence-electron chi connectivity index (χ2n) is 6.79. The summed E-state index contributed by atoms with van der Waals surface area (Å²) in [6.45, 7) is 3.13. The molecule has 2 rings (SSSR count). The fourth-order valence-electron chi connectivity index (χ4n) is 2.78. The monoisotopic (exact) mass is 380 g/mol. The van der Waals surface area contributed by atoms with Gasteiger partial charge in [0.2, 0.25) is 0 Å². The van der Waals surface area contributed by atoms with Crippen LogP contribution in [0.15, 0.2) is 24.3 Å². The zero-order chi connectivity index (χ0) is 20.1. The van der Waals surface area contributed by atoms with E-state index in [2.05, 4.69) is 5.32 Å². The molecule has 1 aromatic carbocycles. The zero-order valence-electron chi connectivity index (χ0n) is 15.2. The predicted octanol–water partition coefficient (Wildman–Crippen LogP) is 0.511. The standard InChI is InChI=1S/C18H24N2O7/c1-10(2)7-14(17(24)25)20-16(23)15(19-18(20)26)11-3-5-13(6-4-11)27-9-12(22)8-21/h3-6,10,12,14-15,21-22H,7-9H2,1-2H3,(H,19,26)(H,24,25)/t12-,14?,15+/m0/s1. The van der Waals surface area contributed by atoms with E-state index in [-0.39, 0.29) is 18.9 Å². The molecule has 0 radical (unpaired) electrons. The van der Waals surface area contributed by atoms with Gasteiger partial charge in [0.15, 0.2) is 0 Å². The number of urea groups is 1. The number of amides is 3. The number of aliphatic carboxylic acids is 1. The molecule has 1 fully saturated rings. The molecule has 0 spiro atoms. The average molecular weight is 380 g/mol. The topological polar surface area (TPSA) is 136 Å². The number of nitrogens with one attached hydrogen (secondary N) is 1. The Morgan fingerprint density at radius 2 is 1.89 bits per heavy atom. The Labute approximate surface area is 156 Å². The number of imide groups is 1. The molecule has 148 valence electrons. The molecule has 3 amide bonds. The van der Waals surface area contributed by atoms with Gasteiger partial charge < -0.3 is 25.4 Å². The lowest BCUT2D eigenvalue weighted by molar-refractivity contribution is -0.147. The van der Waals surface area contributed by atoms with Crippen LogP contribution < -0.4 is 10.1 Å². The van der Waals surface area contributed by atoms with E-state index in [1.54, 1.807) is 24.3 Å². The fraction of sp³-hybridized carbons (Fsp3) is 0.500. The number of ether oxygens (including phenoxy) is 1. The van der Waals surface area contributed by atoms with Crippen LogP contribution in [0.2, 0.25) is 0 Å². The number of hydrogen-bond acceptors (Lipinski definition) is 6. The van der Waals surface area contributed by atoms with E-state index in [1.807, 2.05) is 13.8 Å². The van der Waals surface area contributed by atoms with Gasteiger partial charge >= 0.3 is 12.0 Å². The Bertz CT molecular complexity index is 689. The lowest BCUT2D eigenvalue weighted by Gasteiger charge is -2.23. The highest BCUT2D eigenvalue weighted by Crippen LogP contribution is 2.27. The van der Waals surface area contributed by atoms with Crippen LogP contribution in [-0.4, -0.2) is 63.5 Å². The summed E-state index contributed by atoms with van der Waals surface area (Å²) < 4.78 is 5.29. The Hall–Kier alpha value is -2.65. The van der Waals surface area contributed by atoms with Crippen molar-refractivity contribution in [3.63, 3.8) is 0 Å². The van der Waals surface area contributed by atoms with Crippen molar-refractivity contribution in [1.82, 2.24) is 10.2 Å². The molecule has 4 N–H and O–H groups in total. The maximum Gasteiger partial charge on any atom is 0.327 e. The highest BCUT2D eigenvalue weighted by atomic mass is 16.5. The molecule has 1 aromatic rings. The second-order valence-corrected chi connectivity index (χ2v) is 6.79. The first kappa shape index (κ1) is 20.7. The summed E-state index contributed by atoms with van der Waals surface area (Å²) in [6, 6.07) is 3.35. The fourth-order valence-corrected chi connectivity index (χ4v) is 2.78. The quantitative estimate of drug-likeness (QED) is 0.458. The minimum atomic E-state index is -1.22. The van der Waals surface area contributed by atoms with Gasteiger partial charge in [0.25, 0.3) is 5.91 Å². The van der Waals surface area contributed by atoms with Crippen molar-refractivity contribution in [2.45, 2.75) is 38.5 Å². The number of aliphatic hydroxyl groups excluding tert-OH is 2. The van der Waals surface area contributed by atoms with Gasteiger partial charge in [-0.3, -0.25) is 4.79 Å². The zero-order valence-corrected chi connectivity index (χ0v) is 15.2. The summed E-state index contributed by atoms with van der Waals surface area (Å²) in [4.78, 5) is 37.2.